The van der Waals surface area contributed by atoms with Crippen LogP contribution in [0, 0.1) is 10.1 Å². The number of hydrogen-bond donors (Lipinski definition) is 2. The summed E-state index contributed by atoms with van der Waals surface area (Å²) < 4.78 is 5.17. The van der Waals surface area contributed by atoms with Crippen LogP contribution in [0.2, 0.25) is 0 Å². The number of hydrogen-bond acceptors (Lipinski definition) is 6. The molecule has 1 aromatic carbocycles. The first kappa shape index (κ1) is 13.2. The molecule has 1 heterocycles. The van der Waals surface area contributed by atoms with E-state index in [1.165, 1.54) is 6.07 Å². The lowest BCUT2D eigenvalue weighted by molar-refractivity contribution is -0.385. The quantitative estimate of drug-likeness (QED) is 0.632. The number of aromatic carboxylic acids is 1. The van der Waals surface area contributed by atoms with Crippen molar-refractivity contribution >= 4 is 11.7 Å². The molecule has 0 aliphatic rings. The molecule has 0 aliphatic heterocycles. The van der Waals surface area contributed by atoms with E-state index in [4.69, 9.17) is 9.84 Å². The number of aromatic amines is 1. The predicted molar refractivity (Wildman–Crippen MR) is 65.0 cm³/mol. The Kier molecular flexibility index (Phi) is 3.42. The van der Waals surface area contributed by atoms with Gasteiger partial charge in [-0.1, -0.05) is 0 Å². The van der Waals surface area contributed by atoms with Crippen LogP contribution in [0.4, 0.5) is 5.69 Å². The summed E-state index contributed by atoms with van der Waals surface area (Å²) in [6.45, 7) is 0. The summed E-state index contributed by atoms with van der Waals surface area (Å²) in [4.78, 5) is 37.9. The second-order valence-corrected chi connectivity index (χ2v) is 3.59. The summed E-state index contributed by atoms with van der Waals surface area (Å²) in [5.74, 6) is -1.49. The average Bonchev–Trinajstić information content (AvgIpc) is 2.38. The molecule has 0 bridgehead atoms. The van der Waals surface area contributed by atoms with E-state index in [9.17, 15) is 19.7 Å². The van der Waals surface area contributed by atoms with Gasteiger partial charge in [-0.2, -0.15) is 0 Å². The second kappa shape index (κ2) is 5.18. The van der Waals surface area contributed by atoms with Crippen LogP contribution in [0.3, 0.4) is 0 Å². The molecule has 0 atom stereocenters. The number of aromatic nitrogens is 2. The largest absolute Gasteiger partial charge is 0.477 e. The number of carboxylic acid groups (broad SMARTS) is 1. The van der Waals surface area contributed by atoms with Crippen molar-refractivity contribution in [2.45, 2.75) is 0 Å². The van der Waals surface area contributed by atoms with E-state index in [0.717, 1.165) is 24.5 Å². The minimum absolute atomic E-state index is 0.0195. The molecule has 0 amide bonds. The number of ether oxygens (including phenoxy) is 1. The van der Waals surface area contributed by atoms with Crippen molar-refractivity contribution in [3.8, 4) is 11.6 Å². The number of carbonyl (C=O) groups is 1. The molecule has 9 nitrogen and oxygen atoms in total. The lowest BCUT2D eigenvalue weighted by Gasteiger charge is -2.05. The molecular weight excluding hydrogens is 270 g/mol. The van der Waals surface area contributed by atoms with Gasteiger partial charge in [0.25, 0.3) is 11.2 Å². The predicted octanol–water partition coefficient (Wildman–Crippen LogP) is 1.17. The zero-order valence-electron chi connectivity index (χ0n) is 9.77. The molecule has 2 aromatic rings. The topological polar surface area (TPSA) is 135 Å². The molecule has 0 saturated heterocycles. The fourth-order valence-electron chi connectivity index (χ4n) is 1.44. The number of nitro benzene ring substituents is 1. The van der Waals surface area contributed by atoms with Gasteiger partial charge in [-0.25, -0.2) is 9.78 Å². The smallest absolute Gasteiger partial charge is 0.342 e. The minimum Gasteiger partial charge on any atom is -0.477 e. The fraction of sp³-hybridized carbons (Fsp3) is 0. The van der Waals surface area contributed by atoms with Crippen LogP contribution in [-0.2, 0) is 0 Å². The van der Waals surface area contributed by atoms with E-state index in [1.807, 2.05) is 0 Å². The first-order valence-electron chi connectivity index (χ1n) is 5.21. The Bertz CT molecular complexity index is 739. The number of rotatable bonds is 4. The van der Waals surface area contributed by atoms with Gasteiger partial charge in [0.05, 0.1) is 17.3 Å². The molecule has 0 radical (unpaired) electrons. The molecule has 2 N–H and O–H groups in total. The van der Waals surface area contributed by atoms with E-state index in [1.54, 1.807) is 0 Å². The van der Waals surface area contributed by atoms with Crippen LogP contribution in [0.15, 0.2) is 35.4 Å². The van der Waals surface area contributed by atoms with Gasteiger partial charge >= 0.3 is 5.97 Å². The van der Waals surface area contributed by atoms with Gasteiger partial charge in [0, 0.05) is 12.1 Å². The molecule has 0 unspecified atom stereocenters. The average molecular weight is 277 g/mol. The van der Waals surface area contributed by atoms with Crippen molar-refractivity contribution in [1.82, 2.24) is 9.97 Å². The van der Waals surface area contributed by atoms with Gasteiger partial charge in [0.15, 0.2) is 0 Å². The van der Waals surface area contributed by atoms with Gasteiger partial charge in [0.2, 0.25) is 5.88 Å². The third-order valence-electron chi connectivity index (χ3n) is 2.27. The third kappa shape index (κ3) is 2.77. The Morgan fingerprint density at radius 3 is 2.75 bits per heavy atom. The standard InChI is InChI=1S/C11H7N3O6/c15-9-4-10(13-5-12-9)20-6-1-2-8(14(18)19)7(3-6)11(16)17/h1-5H,(H,16,17)(H,12,13,15). The highest BCUT2D eigenvalue weighted by Gasteiger charge is 2.20. The minimum atomic E-state index is -1.46. The fourth-order valence-corrected chi connectivity index (χ4v) is 1.44. The van der Waals surface area contributed by atoms with E-state index >= 15 is 0 Å². The van der Waals surface area contributed by atoms with Gasteiger partial charge in [-0.15, -0.1) is 0 Å². The Balaban J connectivity index is 2.39. The summed E-state index contributed by atoms with van der Waals surface area (Å²) in [6.07, 6.45) is 1.11. The van der Waals surface area contributed by atoms with Gasteiger partial charge in [0.1, 0.15) is 11.3 Å². The van der Waals surface area contributed by atoms with Gasteiger partial charge in [-0.05, 0) is 6.07 Å². The number of nitrogens with zero attached hydrogens (tertiary/aromatic N) is 2. The Morgan fingerprint density at radius 1 is 1.40 bits per heavy atom. The van der Waals surface area contributed by atoms with Crippen LogP contribution in [-0.4, -0.2) is 26.0 Å². The van der Waals surface area contributed by atoms with Gasteiger partial charge in [-0.3, -0.25) is 14.9 Å². The van der Waals surface area contributed by atoms with Crippen LogP contribution in [0.25, 0.3) is 0 Å². The summed E-state index contributed by atoms with van der Waals surface area (Å²) in [5, 5.41) is 19.6. The van der Waals surface area contributed by atoms with E-state index in [0.29, 0.717) is 0 Å². The van der Waals surface area contributed by atoms with E-state index in [2.05, 4.69) is 9.97 Å². The molecule has 2 rings (SSSR count). The van der Waals surface area contributed by atoms with Crippen LogP contribution in [0.1, 0.15) is 10.4 Å². The lowest BCUT2D eigenvalue weighted by atomic mass is 10.1. The highest BCUT2D eigenvalue weighted by Crippen LogP contribution is 2.26. The SMILES string of the molecule is O=C(O)c1cc(Oc2cc(=O)[nH]cn2)ccc1[N+](=O)[O-]. The second-order valence-electron chi connectivity index (χ2n) is 3.59. The van der Waals surface area contributed by atoms with Crippen LogP contribution >= 0.6 is 0 Å². The van der Waals surface area contributed by atoms with Gasteiger partial charge < -0.3 is 14.8 Å². The number of benzene rings is 1. The van der Waals surface area contributed by atoms with Crippen molar-refractivity contribution < 1.29 is 19.6 Å². The molecule has 1 aromatic heterocycles. The van der Waals surface area contributed by atoms with E-state index in [-0.39, 0.29) is 11.6 Å². The van der Waals surface area contributed by atoms with Crippen molar-refractivity contribution in [3.05, 3.63) is 56.6 Å². The molecule has 0 fully saturated rings. The van der Waals surface area contributed by atoms with Crippen molar-refractivity contribution in [2.24, 2.45) is 0 Å². The molecule has 0 aliphatic carbocycles. The maximum Gasteiger partial charge on any atom is 0.342 e. The first-order valence-corrected chi connectivity index (χ1v) is 5.21. The number of nitrogens with one attached hydrogen (secondary N) is 1. The molecular formula is C11H7N3O6. The highest BCUT2D eigenvalue weighted by atomic mass is 16.6. The van der Waals surface area contributed by atoms with Crippen molar-refractivity contribution in [3.63, 3.8) is 0 Å². The third-order valence-corrected chi connectivity index (χ3v) is 2.27. The molecule has 102 valence electrons. The normalized spacial score (nSPS) is 10.0. The maximum absolute atomic E-state index is 11.0. The molecule has 0 spiro atoms. The van der Waals surface area contributed by atoms with Crippen molar-refractivity contribution in [1.29, 1.82) is 0 Å². The van der Waals surface area contributed by atoms with Crippen molar-refractivity contribution in [2.75, 3.05) is 0 Å². The monoisotopic (exact) mass is 277 g/mol. The molecule has 0 saturated carbocycles. The maximum atomic E-state index is 11.0. The Hall–Kier alpha value is -3.23. The summed E-state index contributed by atoms with van der Waals surface area (Å²) in [5.41, 5.74) is -1.52. The summed E-state index contributed by atoms with van der Waals surface area (Å²) >= 11 is 0. The van der Waals surface area contributed by atoms with E-state index < -0.39 is 27.7 Å². The van der Waals surface area contributed by atoms with Crippen LogP contribution in [0.5, 0.6) is 11.6 Å². The highest BCUT2D eigenvalue weighted by molar-refractivity contribution is 5.92. The molecule has 9 heteroatoms. The molecule has 20 heavy (non-hydrogen) atoms. The lowest BCUT2D eigenvalue weighted by Crippen LogP contribution is -2.05. The Labute approximate surface area is 110 Å². The summed E-state index contributed by atoms with van der Waals surface area (Å²) in [7, 11) is 0. The zero-order valence-corrected chi connectivity index (χ0v) is 9.77. The number of nitro groups is 1. The number of H-pyrrole nitrogens is 1. The summed E-state index contributed by atoms with van der Waals surface area (Å²) in [6, 6.07) is 4.27. The number of carboxylic acids is 1. The first-order chi connectivity index (χ1) is 9.47. The van der Waals surface area contributed by atoms with Crippen LogP contribution < -0.4 is 10.3 Å². The Morgan fingerprint density at radius 2 is 2.15 bits per heavy atom. The zero-order chi connectivity index (χ0) is 14.7.